The zero-order valence-corrected chi connectivity index (χ0v) is 13.3. The lowest BCUT2D eigenvalue weighted by Crippen LogP contribution is -2.32. The van der Waals surface area contributed by atoms with Crippen LogP contribution in [0.15, 0.2) is 60.8 Å². The molecular formula is C18H20N4O2. The number of aromatic amines is 1. The van der Waals surface area contributed by atoms with E-state index in [4.69, 9.17) is 15.2 Å². The van der Waals surface area contributed by atoms with Gasteiger partial charge >= 0.3 is 0 Å². The summed E-state index contributed by atoms with van der Waals surface area (Å²) in [6.07, 6.45) is 1.68. The predicted molar refractivity (Wildman–Crippen MR) is 91.4 cm³/mol. The van der Waals surface area contributed by atoms with Crippen LogP contribution >= 0.6 is 0 Å². The van der Waals surface area contributed by atoms with Crippen molar-refractivity contribution < 1.29 is 9.47 Å². The Labute approximate surface area is 140 Å². The molecule has 1 heterocycles. The van der Waals surface area contributed by atoms with Crippen LogP contribution in [0, 0.1) is 0 Å². The number of nitrogens with two attached hydrogens (primary N) is 1. The molecule has 3 rings (SSSR count). The van der Waals surface area contributed by atoms with Gasteiger partial charge in [0.1, 0.15) is 18.1 Å². The van der Waals surface area contributed by atoms with Crippen molar-refractivity contribution in [2.75, 3.05) is 13.2 Å². The van der Waals surface area contributed by atoms with Gasteiger partial charge in [-0.05, 0) is 29.8 Å². The minimum atomic E-state index is -0.177. The van der Waals surface area contributed by atoms with Crippen molar-refractivity contribution in [1.82, 2.24) is 15.4 Å². The van der Waals surface area contributed by atoms with E-state index >= 15 is 0 Å². The van der Waals surface area contributed by atoms with Gasteiger partial charge in [0.15, 0.2) is 0 Å². The topological polar surface area (TPSA) is 86.0 Å². The number of hydrogen-bond donors (Lipinski definition) is 2. The molecule has 124 valence electrons. The van der Waals surface area contributed by atoms with E-state index in [1.165, 1.54) is 0 Å². The predicted octanol–water partition coefficient (Wildman–Crippen LogP) is 2.39. The summed E-state index contributed by atoms with van der Waals surface area (Å²) in [6, 6.07) is 17.5. The first kappa shape index (κ1) is 16.2. The van der Waals surface area contributed by atoms with E-state index in [1.807, 2.05) is 54.6 Å². The van der Waals surface area contributed by atoms with Gasteiger partial charge in [-0.2, -0.15) is 15.4 Å². The van der Waals surface area contributed by atoms with Gasteiger partial charge in [0, 0.05) is 5.56 Å². The maximum absolute atomic E-state index is 6.02. The molecule has 6 nitrogen and oxygen atoms in total. The standard InChI is InChI=1S/C18H20N4O2/c19-16(12-23-11-14-4-2-1-3-5-14)13-24-17-8-6-15(7-9-17)18-10-20-22-21-18/h1-10,16H,11-13,19H2,(H,20,21,22). The third-order valence-electron chi connectivity index (χ3n) is 3.47. The highest BCUT2D eigenvalue weighted by Gasteiger charge is 2.06. The maximum Gasteiger partial charge on any atom is 0.119 e. The van der Waals surface area contributed by atoms with Crippen LogP contribution in [0.3, 0.4) is 0 Å². The zero-order chi connectivity index (χ0) is 16.6. The summed E-state index contributed by atoms with van der Waals surface area (Å²) in [7, 11) is 0. The minimum absolute atomic E-state index is 0.177. The van der Waals surface area contributed by atoms with Crippen molar-refractivity contribution in [2.45, 2.75) is 12.6 Å². The molecule has 6 heteroatoms. The molecule has 0 fully saturated rings. The third-order valence-corrected chi connectivity index (χ3v) is 3.47. The Balaban J connectivity index is 1.40. The molecule has 1 unspecified atom stereocenters. The molecule has 1 atom stereocenters. The molecule has 3 aromatic rings. The van der Waals surface area contributed by atoms with Gasteiger partial charge < -0.3 is 15.2 Å². The number of hydrogen-bond acceptors (Lipinski definition) is 5. The van der Waals surface area contributed by atoms with Crippen LogP contribution in [-0.2, 0) is 11.3 Å². The number of nitrogens with one attached hydrogen (secondary N) is 1. The van der Waals surface area contributed by atoms with Crippen molar-refractivity contribution in [3.8, 4) is 17.0 Å². The van der Waals surface area contributed by atoms with Crippen LogP contribution in [0.4, 0.5) is 0 Å². The quantitative estimate of drug-likeness (QED) is 0.664. The summed E-state index contributed by atoms with van der Waals surface area (Å²) in [5.41, 5.74) is 8.93. The molecule has 0 radical (unpaired) electrons. The van der Waals surface area contributed by atoms with E-state index in [0.717, 1.165) is 22.6 Å². The largest absolute Gasteiger partial charge is 0.492 e. The molecule has 3 N–H and O–H groups in total. The van der Waals surface area contributed by atoms with Crippen LogP contribution in [0.25, 0.3) is 11.3 Å². The Hall–Kier alpha value is -2.70. The highest BCUT2D eigenvalue weighted by Crippen LogP contribution is 2.19. The second kappa shape index (κ2) is 8.24. The molecule has 0 amide bonds. The average Bonchev–Trinajstić information content (AvgIpc) is 3.16. The molecule has 0 spiro atoms. The molecule has 0 aliphatic rings. The summed E-state index contributed by atoms with van der Waals surface area (Å²) in [6.45, 7) is 1.41. The van der Waals surface area contributed by atoms with Gasteiger partial charge in [0.2, 0.25) is 0 Å². The molecular weight excluding hydrogens is 304 g/mol. The molecule has 24 heavy (non-hydrogen) atoms. The van der Waals surface area contributed by atoms with Gasteiger partial charge in [-0.1, -0.05) is 30.3 Å². The molecule has 0 aliphatic heterocycles. The summed E-state index contributed by atoms with van der Waals surface area (Å²) in [4.78, 5) is 0. The Morgan fingerprint density at radius 1 is 1.00 bits per heavy atom. The summed E-state index contributed by atoms with van der Waals surface area (Å²) < 4.78 is 11.3. The monoisotopic (exact) mass is 324 g/mol. The zero-order valence-electron chi connectivity index (χ0n) is 13.3. The second-order valence-electron chi connectivity index (χ2n) is 5.45. The number of aromatic nitrogens is 3. The maximum atomic E-state index is 6.02. The van der Waals surface area contributed by atoms with Crippen LogP contribution < -0.4 is 10.5 Å². The van der Waals surface area contributed by atoms with Crippen molar-refractivity contribution in [2.24, 2.45) is 5.73 Å². The van der Waals surface area contributed by atoms with Crippen LogP contribution in [0.1, 0.15) is 5.56 Å². The fourth-order valence-corrected chi connectivity index (χ4v) is 2.22. The molecule has 0 aliphatic carbocycles. The van der Waals surface area contributed by atoms with Gasteiger partial charge in [-0.15, -0.1) is 0 Å². The summed E-state index contributed by atoms with van der Waals surface area (Å²) >= 11 is 0. The first-order valence-electron chi connectivity index (χ1n) is 7.77. The van der Waals surface area contributed by atoms with Crippen LogP contribution in [0.5, 0.6) is 5.75 Å². The molecule has 2 aromatic carbocycles. The van der Waals surface area contributed by atoms with Gasteiger partial charge in [-0.25, -0.2) is 0 Å². The van der Waals surface area contributed by atoms with E-state index in [-0.39, 0.29) is 6.04 Å². The average molecular weight is 324 g/mol. The van der Waals surface area contributed by atoms with E-state index in [1.54, 1.807) is 6.20 Å². The molecule has 0 saturated heterocycles. The summed E-state index contributed by atoms with van der Waals surface area (Å²) in [5.74, 6) is 0.765. The van der Waals surface area contributed by atoms with Gasteiger partial charge in [0.25, 0.3) is 0 Å². The SMILES string of the molecule is NC(COCc1ccccc1)COc1ccc(-c2cn[nH]n2)cc1. The number of benzene rings is 2. The number of nitrogens with zero attached hydrogens (tertiary/aromatic N) is 2. The van der Waals surface area contributed by atoms with Crippen molar-refractivity contribution in [3.05, 3.63) is 66.4 Å². The fraction of sp³-hybridized carbons (Fsp3) is 0.222. The fourth-order valence-electron chi connectivity index (χ4n) is 2.22. The molecule has 0 bridgehead atoms. The second-order valence-corrected chi connectivity index (χ2v) is 5.45. The Morgan fingerprint density at radius 3 is 2.50 bits per heavy atom. The molecule has 1 aromatic heterocycles. The third kappa shape index (κ3) is 4.65. The normalized spacial score (nSPS) is 12.0. The summed E-state index contributed by atoms with van der Waals surface area (Å²) in [5, 5.41) is 10.4. The van der Waals surface area contributed by atoms with Crippen LogP contribution in [0.2, 0.25) is 0 Å². The minimum Gasteiger partial charge on any atom is -0.492 e. The smallest absolute Gasteiger partial charge is 0.119 e. The first-order valence-corrected chi connectivity index (χ1v) is 7.77. The number of rotatable bonds is 8. The van der Waals surface area contributed by atoms with Gasteiger partial charge in [-0.3, -0.25) is 0 Å². The lowest BCUT2D eigenvalue weighted by Gasteiger charge is -2.14. The van der Waals surface area contributed by atoms with E-state index in [9.17, 15) is 0 Å². The highest BCUT2D eigenvalue weighted by molar-refractivity contribution is 5.58. The van der Waals surface area contributed by atoms with Crippen molar-refractivity contribution >= 4 is 0 Å². The Bertz CT molecular complexity index is 715. The number of ether oxygens (including phenoxy) is 2. The number of H-pyrrole nitrogens is 1. The molecule has 0 saturated carbocycles. The van der Waals surface area contributed by atoms with Crippen molar-refractivity contribution in [1.29, 1.82) is 0 Å². The van der Waals surface area contributed by atoms with E-state index in [0.29, 0.717) is 19.8 Å². The Morgan fingerprint density at radius 2 is 1.79 bits per heavy atom. The van der Waals surface area contributed by atoms with Gasteiger partial charge in [0.05, 0.1) is 25.5 Å². The van der Waals surface area contributed by atoms with E-state index in [2.05, 4.69) is 15.4 Å². The van der Waals surface area contributed by atoms with E-state index < -0.39 is 0 Å². The van der Waals surface area contributed by atoms with Crippen LogP contribution in [-0.4, -0.2) is 34.7 Å². The van der Waals surface area contributed by atoms with Crippen molar-refractivity contribution in [3.63, 3.8) is 0 Å². The lowest BCUT2D eigenvalue weighted by atomic mass is 10.2. The lowest BCUT2D eigenvalue weighted by molar-refractivity contribution is 0.0935. The highest BCUT2D eigenvalue weighted by atomic mass is 16.5. The first-order chi connectivity index (χ1) is 11.8. The Kier molecular flexibility index (Phi) is 5.55.